The Kier molecular flexibility index (Phi) is 7.45. The Morgan fingerprint density at radius 1 is 0.853 bits per heavy atom. The van der Waals surface area contributed by atoms with Crippen molar-refractivity contribution in [2.24, 2.45) is 62.9 Å². The molecule has 9 atom stereocenters. The van der Waals surface area contributed by atoms with Crippen LogP contribution >= 0.6 is 0 Å². The van der Waals surface area contributed by atoms with Crippen molar-refractivity contribution in [2.45, 2.75) is 132 Å². The van der Waals surface area contributed by atoms with Gasteiger partial charge in [-0.3, -0.25) is 4.79 Å². The monoisotopic (exact) mass is 471 g/mol. The predicted octanol–water partition coefficient (Wildman–Crippen LogP) is 8.42. The van der Waals surface area contributed by atoms with E-state index in [1.54, 1.807) is 0 Å². The number of rotatable bonds is 8. The van der Waals surface area contributed by atoms with Crippen LogP contribution in [0.4, 0.5) is 0 Å². The molecule has 4 fully saturated rings. The van der Waals surface area contributed by atoms with Crippen molar-refractivity contribution >= 4 is 5.78 Å². The number of nitrogens with two attached hydrogens (primary N) is 1. The number of fused-ring (bicyclic) bond motifs is 5. The molecule has 0 bridgehead atoms. The van der Waals surface area contributed by atoms with E-state index in [9.17, 15) is 4.79 Å². The molecule has 0 heterocycles. The van der Waals surface area contributed by atoms with Crippen LogP contribution in [0.1, 0.15) is 132 Å². The molecule has 1 unspecified atom stereocenters. The molecule has 0 radical (unpaired) electrons. The number of hydrogen-bond acceptors (Lipinski definition) is 2. The summed E-state index contributed by atoms with van der Waals surface area (Å²) in [7, 11) is 0. The third-order valence-corrected chi connectivity index (χ3v) is 13.1. The van der Waals surface area contributed by atoms with Crippen molar-refractivity contribution in [3.63, 3.8) is 0 Å². The van der Waals surface area contributed by atoms with Gasteiger partial charge in [-0.15, -0.1) is 0 Å². The molecule has 0 aromatic heterocycles. The highest BCUT2D eigenvalue weighted by Crippen LogP contribution is 2.75. The van der Waals surface area contributed by atoms with Gasteiger partial charge in [0.1, 0.15) is 5.78 Å². The predicted molar refractivity (Wildman–Crippen MR) is 144 cm³/mol. The smallest absolute Gasteiger partial charge is 0.146 e. The van der Waals surface area contributed by atoms with E-state index in [1.165, 1.54) is 77.0 Å². The van der Waals surface area contributed by atoms with Crippen LogP contribution in [0, 0.1) is 57.2 Å². The molecule has 4 saturated carbocycles. The third-order valence-electron chi connectivity index (χ3n) is 13.1. The van der Waals surface area contributed by atoms with Crippen LogP contribution in [0.15, 0.2) is 0 Å². The van der Waals surface area contributed by atoms with Crippen molar-refractivity contribution in [1.29, 1.82) is 0 Å². The lowest BCUT2D eigenvalue weighted by Gasteiger charge is -2.69. The Morgan fingerprint density at radius 3 is 2.26 bits per heavy atom. The molecule has 4 aliphatic rings. The van der Waals surface area contributed by atoms with E-state index < -0.39 is 0 Å². The highest BCUT2D eigenvalue weighted by molar-refractivity contribution is 5.80. The maximum Gasteiger partial charge on any atom is 0.146 e. The first-order chi connectivity index (χ1) is 15.9. The summed E-state index contributed by atoms with van der Waals surface area (Å²) < 4.78 is 0. The molecule has 2 N–H and O–H groups in total. The minimum absolute atomic E-state index is 0.208. The summed E-state index contributed by atoms with van der Waals surface area (Å²) in [5.41, 5.74) is 7.67. The van der Waals surface area contributed by atoms with E-state index in [0.29, 0.717) is 34.0 Å². The summed E-state index contributed by atoms with van der Waals surface area (Å²) in [6.07, 6.45) is 17.7. The van der Waals surface area contributed by atoms with Crippen LogP contribution in [0.5, 0.6) is 0 Å². The van der Waals surface area contributed by atoms with Crippen molar-refractivity contribution in [3.8, 4) is 0 Å². The molecular formula is C32H57NO. The fraction of sp³-hybridized carbons (Fsp3) is 0.969. The van der Waals surface area contributed by atoms with E-state index in [-0.39, 0.29) is 12.3 Å². The summed E-state index contributed by atoms with van der Waals surface area (Å²) in [6.45, 7) is 18.4. The Balaban J connectivity index is 1.43. The number of carbonyl (C=O) groups is 1. The summed E-state index contributed by atoms with van der Waals surface area (Å²) in [5.74, 6) is 5.23. The molecule has 0 aromatic carbocycles. The van der Waals surface area contributed by atoms with Gasteiger partial charge in [0.15, 0.2) is 0 Å². The fourth-order valence-electron chi connectivity index (χ4n) is 11.2. The number of Topliss-reactive ketones (excluding diaryl/α,β-unsaturated/α-hetero) is 1. The lowest BCUT2D eigenvalue weighted by Crippen LogP contribution is -2.62. The molecule has 2 heteroatoms. The lowest BCUT2D eigenvalue weighted by atomic mass is 9.35. The molecule has 0 saturated heterocycles. The average Bonchev–Trinajstić information content (AvgIpc) is 3.11. The van der Waals surface area contributed by atoms with Gasteiger partial charge in [-0.25, -0.2) is 0 Å². The second kappa shape index (κ2) is 9.50. The maximum absolute atomic E-state index is 11.7. The topological polar surface area (TPSA) is 43.1 Å². The van der Waals surface area contributed by atoms with Gasteiger partial charge in [0.05, 0.1) is 6.54 Å². The summed E-state index contributed by atoms with van der Waals surface area (Å²) in [6, 6.07) is 0. The van der Waals surface area contributed by atoms with Gasteiger partial charge in [-0.05, 0) is 109 Å². The first-order valence-electron chi connectivity index (χ1n) is 15.1. The molecule has 0 aromatic rings. The molecule has 0 aliphatic heterocycles. The highest BCUT2D eigenvalue weighted by atomic mass is 16.1. The van der Waals surface area contributed by atoms with Gasteiger partial charge in [0, 0.05) is 6.42 Å². The van der Waals surface area contributed by atoms with Crippen molar-refractivity contribution < 1.29 is 4.79 Å². The van der Waals surface area contributed by atoms with Crippen LogP contribution in [0.25, 0.3) is 0 Å². The number of carbonyl (C=O) groups excluding carboxylic acids is 1. The Bertz CT molecular complexity index is 743. The number of ketones is 1. The Morgan fingerprint density at radius 2 is 1.56 bits per heavy atom. The SMILES string of the molecule is CC(CCC[C@@H](C)[C@H]1CC[C@]2(C)[C@@H]1CC[C@@H]1[C@@]3(C)CCCC(C)(C)[C@@H]3CC[C@]12C)CC(=O)CN. The van der Waals surface area contributed by atoms with Crippen molar-refractivity contribution in [1.82, 2.24) is 0 Å². The first kappa shape index (κ1) is 26.7. The summed E-state index contributed by atoms with van der Waals surface area (Å²) in [4.78, 5) is 11.7. The largest absolute Gasteiger partial charge is 0.324 e. The van der Waals surface area contributed by atoms with E-state index in [1.807, 2.05) is 0 Å². The maximum atomic E-state index is 11.7. The summed E-state index contributed by atoms with van der Waals surface area (Å²) in [5, 5.41) is 0. The molecule has 34 heavy (non-hydrogen) atoms. The van der Waals surface area contributed by atoms with Gasteiger partial charge in [0.2, 0.25) is 0 Å². The number of hydrogen-bond donors (Lipinski definition) is 1. The Hall–Kier alpha value is -0.370. The van der Waals surface area contributed by atoms with Crippen LogP contribution in [-0.4, -0.2) is 12.3 Å². The molecule has 2 nitrogen and oxygen atoms in total. The lowest BCUT2D eigenvalue weighted by molar-refractivity contribution is -0.203. The van der Waals surface area contributed by atoms with Gasteiger partial charge in [-0.1, -0.05) is 74.1 Å². The van der Waals surface area contributed by atoms with E-state index in [2.05, 4.69) is 48.5 Å². The molecule has 4 aliphatic carbocycles. The molecule has 4 rings (SSSR count). The molecule has 0 amide bonds. The van der Waals surface area contributed by atoms with Gasteiger partial charge in [-0.2, -0.15) is 0 Å². The van der Waals surface area contributed by atoms with Crippen molar-refractivity contribution in [3.05, 3.63) is 0 Å². The van der Waals surface area contributed by atoms with Gasteiger partial charge >= 0.3 is 0 Å². The fourth-order valence-corrected chi connectivity index (χ4v) is 11.2. The first-order valence-corrected chi connectivity index (χ1v) is 15.1. The Labute approximate surface area is 212 Å². The minimum Gasteiger partial charge on any atom is -0.324 e. The zero-order chi connectivity index (χ0) is 24.9. The van der Waals surface area contributed by atoms with E-state index >= 15 is 0 Å². The standard InChI is InChI=1S/C32H57NO/c1-22(20-24(34)21-33)10-8-11-23(2)25-14-18-31(6)26(25)12-13-28-30(5)17-9-16-29(3,4)27(30)15-19-32(28,31)7/h22-23,25-28H,8-21,33H2,1-7H3/t22?,23-,25-,26-,27+,28-,30+,31-,32-/m1/s1. The molecular weight excluding hydrogens is 414 g/mol. The second-order valence-electron chi connectivity index (χ2n) is 15.2. The molecule has 0 spiro atoms. The minimum atomic E-state index is 0.208. The second-order valence-corrected chi connectivity index (χ2v) is 15.2. The van der Waals surface area contributed by atoms with Crippen LogP contribution < -0.4 is 5.73 Å². The average molecular weight is 472 g/mol. The molecule has 196 valence electrons. The normalized spacial score (nSPS) is 45.1. The third kappa shape index (κ3) is 4.24. The van der Waals surface area contributed by atoms with Crippen molar-refractivity contribution in [2.75, 3.05) is 6.54 Å². The zero-order valence-corrected chi connectivity index (χ0v) is 23.8. The van der Waals surface area contributed by atoms with Crippen LogP contribution in [0.2, 0.25) is 0 Å². The van der Waals surface area contributed by atoms with Gasteiger partial charge in [0.25, 0.3) is 0 Å². The summed E-state index contributed by atoms with van der Waals surface area (Å²) >= 11 is 0. The zero-order valence-electron chi connectivity index (χ0n) is 23.8. The van der Waals surface area contributed by atoms with E-state index in [4.69, 9.17) is 5.73 Å². The van der Waals surface area contributed by atoms with E-state index in [0.717, 1.165) is 29.6 Å². The van der Waals surface area contributed by atoms with Gasteiger partial charge < -0.3 is 5.73 Å². The highest BCUT2D eigenvalue weighted by Gasteiger charge is 2.67. The van der Waals surface area contributed by atoms with Crippen LogP contribution in [0.3, 0.4) is 0 Å². The van der Waals surface area contributed by atoms with Crippen LogP contribution in [-0.2, 0) is 4.79 Å². The quantitative estimate of drug-likeness (QED) is 0.386.